The zero-order valence-corrected chi connectivity index (χ0v) is 17.1. The molecule has 10 heteroatoms. The third-order valence-electron chi connectivity index (χ3n) is 3.51. The van der Waals surface area contributed by atoms with Gasteiger partial charge in [0.25, 0.3) is 0 Å². The van der Waals surface area contributed by atoms with Crippen LogP contribution in [0.3, 0.4) is 0 Å². The Hall–Kier alpha value is -2.68. The zero-order valence-electron chi connectivity index (χ0n) is 14.8. The number of carbonyl (C=O) groups is 1. The van der Waals surface area contributed by atoms with E-state index in [2.05, 4.69) is 15.6 Å². The minimum atomic E-state index is -0.504. The van der Waals surface area contributed by atoms with Crippen molar-refractivity contribution in [1.29, 1.82) is 0 Å². The van der Waals surface area contributed by atoms with Gasteiger partial charge in [-0.15, -0.1) is 11.3 Å². The fourth-order valence-corrected chi connectivity index (χ4v) is 3.14. The fourth-order valence-electron chi connectivity index (χ4n) is 2.30. The number of hydrogen-bond donors (Lipinski definition) is 2. The quantitative estimate of drug-likeness (QED) is 0.499. The highest BCUT2D eigenvalue weighted by Gasteiger charge is 2.17. The molecule has 0 aliphatic heterocycles. The summed E-state index contributed by atoms with van der Waals surface area (Å²) in [5.74, 6) is 1.55. The van der Waals surface area contributed by atoms with Crippen LogP contribution in [-0.4, -0.2) is 25.2 Å². The first-order valence-electron chi connectivity index (χ1n) is 7.87. The molecule has 1 aromatic heterocycles. The normalized spacial score (nSPS) is 10.3. The third kappa shape index (κ3) is 4.59. The number of methoxy groups -OCH3 is 2. The molecule has 0 saturated carbocycles. The molecule has 0 atom stereocenters. The predicted octanol–water partition coefficient (Wildman–Crippen LogP) is 5.90. The van der Waals surface area contributed by atoms with Crippen LogP contribution in [0, 0.1) is 0 Å². The van der Waals surface area contributed by atoms with Crippen LogP contribution in [-0.2, 0) is 0 Å². The molecule has 2 amide bonds. The first-order chi connectivity index (χ1) is 13.5. The number of nitrogens with zero attached hydrogens (tertiary/aromatic N) is 1. The summed E-state index contributed by atoms with van der Waals surface area (Å²) in [6.45, 7) is 0. The van der Waals surface area contributed by atoms with Gasteiger partial charge < -0.3 is 19.5 Å². The van der Waals surface area contributed by atoms with E-state index in [9.17, 15) is 4.79 Å². The summed E-state index contributed by atoms with van der Waals surface area (Å²) >= 11 is 13.5. The molecule has 1 heterocycles. The Labute approximate surface area is 175 Å². The largest absolute Gasteiger partial charge is 0.493 e. The number of halogens is 2. The van der Waals surface area contributed by atoms with Gasteiger partial charge in [0.2, 0.25) is 5.75 Å². The first kappa shape index (κ1) is 20.1. The molecular formula is C18H15Cl2N3O4S. The van der Waals surface area contributed by atoms with Crippen LogP contribution in [0.5, 0.6) is 23.0 Å². The average molecular weight is 440 g/mol. The lowest BCUT2D eigenvalue weighted by atomic mass is 10.2. The number of anilines is 2. The maximum Gasteiger partial charge on any atom is 0.325 e. The van der Waals surface area contributed by atoms with E-state index < -0.39 is 6.03 Å². The molecule has 0 spiro atoms. The maximum absolute atomic E-state index is 12.3. The molecule has 3 aromatic rings. The van der Waals surface area contributed by atoms with Gasteiger partial charge in [0.05, 0.1) is 30.0 Å². The van der Waals surface area contributed by atoms with Crippen LogP contribution >= 0.6 is 34.5 Å². The second-order valence-electron chi connectivity index (χ2n) is 5.27. The predicted molar refractivity (Wildman–Crippen MR) is 111 cm³/mol. The second-order valence-corrected chi connectivity index (χ2v) is 6.98. The highest BCUT2D eigenvalue weighted by molar-refractivity contribution is 7.13. The van der Waals surface area contributed by atoms with Crippen molar-refractivity contribution < 1.29 is 19.0 Å². The molecule has 0 unspecified atom stereocenters. The van der Waals surface area contributed by atoms with Gasteiger partial charge in [-0.25, -0.2) is 9.78 Å². The second kappa shape index (κ2) is 9.01. The fraction of sp³-hybridized carbons (Fsp3) is 0.111. The third-order valence-corrected chi connectivity index (χ3v) is 4.92. The molecule has 0 radical (unpaired) electrons. The van der Waals surface area contributed by atoms with Gasteiger partial charge in [0.15, 0.2) is 22.4 Å². The van der Waals surface area contributed by atoms with Gasteiger partial charge >= 0.3 is 6.03 Å². The molecule has 0 aliphatic carbocycles. The van der Waals surface area contributed by atoms with Gasteiger partial charge in [0.1, 0.15) is 0 Å². The van der Waals surface area contributed by atoms with E-state index in [0.717, 1.165) is 0 Å². The van der Waals surface area contributed by atoms with Gasteiger partial charge in [0, 0.05) is 17.6 Å². The van der Waals surface area contributed by atoms with Crippen molar-refractivity contribution in [2.45, 2.75) is 0 Å². The number of nitrogens with one attached hydrogen (secondary N) is 2. The smallest absolute Gasteiger partial charge is 0.325 e. The van der Waals surface area contributed by atoms with Crippen LogP contribution < -0.4 is 24.8 Å². The number of ether oxygens (including phenoxy) is 3. The highest BCUT2D eigenvalue weighted by Crippen LogP contribution is 2.43. The molecule has 28 heavy (non-hydrogen) atoms. The molecule has 3 rings (SSSR count). The van der Waals surface area contributed by atoms with Crippen molar-refractivity contribution >= 4 is 51.4 Å². The number of carbonyl (C=O) groups excluding carboxylic acids is 1. The Morgan fingerprint density at radius 2 is 1.79 bits per heavy atom. The van der Waals surface area contributed by atoms with E-state index >= 15 is 0 Å². The van der Waals surface area contributed by atoms with Crippen molar-refractivity contribution in [3.05, 3.63) is 52.0 Å². The lowest BCUT2D eigenvalue weighted by molar-refractivity contribution is 0.262. The topological polar surface area (TPSA) is 81.7 Å². The number of urea groups is 1. The van der Waals surface area contributed by atoms with Crippen molar-refractivity contribution in [2.24, 2.45) is 0 Å². The van der Waals surface area contributed by atoms with Gasteiger partial charge in [-0.1, -0.05) is 29.3 Å². The average Bonchev–Trinajstić information content (AvgIpc) is 3.18. The van der Waals surface area contributed by atoms with Crippen LogP contribution in [0.2, 0.25) is 10.0 Å². The van der Waals surface area contributed by atoms with E-state index in [-0.39, 0.29) is 15.8 Å². The van der Waals surface area contributed by atoms with E-state index in [1.54, 1.807) is 29.8 Å². The van der Waals surface area contributed by atoms with Crippen molar-refractivity contribution in [2.75, 3.05) is 24.9 Å². The van der Waals surface area contributed by atoms with Crippen molar-refractivity contribution in [3.63, 3.8) is 0 Å². The summed E-state index contributed by atoms with van der Waals surface area (Å²) in [5.41, 5.74) is 0.313. The Morgan fingerprint density at radius 1 is 1.04 bits per heavy atom. The monoisotopic (exact) mass is 439 g/mol. The minimum Gasteiger partial charge on any atom is -0.493 e. The van der Waals surface area contributed by atoms with Gasteiger partial charge in [-0.2, -0.15) is 0 Å². The van der Waals surface area contributed by atoms with Crippen LogP contribution in [0.25, 0.3) is 0 Å². The van der Waals surface area contributed by atoms with Crippen LogP contribution in [0.15, 0.2) is 41.9 Å². The summed E-state index contributed by atoms with van der Waals surface area (Å²) in [7, 11) is 3.02. The van der Waals surface area contributed by atoms with Crippen LogP contribution in [0.4, 0.5) is 15.6 Å². The number of benzene rings is 2. The van der Waals surface area contributed by atoms with Gasteiger partial charge in [-0.3, -0.25) is 5.32 Å². The molecule has 146 valence electrons. The van der Waals surface area contributed by atoms with E-state index in [4.69, 9.17) is 37.4 Å². The standard InChI is InChI=1S/C18H15Cl2N3O4S/c1-25-13-4-3-5-14(16(13)26-2)27-15-9-11(20)10(19)8-12(15)22-17(24)23-18-21-6-7-28-18/h3-9H,1-2H3,(H2,21,22,23,24). The number of rotatable bonds is 6. The lowest BCUT2D eigenvalue weighted by Gasteiger charge is -2.16. The summed E-state index contributed by atoms with van der Waals surface area (Å²) in [4.78, 5) is 16.3. The number of thiazole rings is 1. The SMILES string of the molecule is COc1cccc(Oc2cc(Cl)c(Cl)cc2NC(=O)Nc2nccs2)c1OC. The Morgan fingerprint density at radius 3 is 2.46 bits per heavy atom. The molecule has 2 aromatic carbocycles. The first-order valence-corrected chi connectivity index (χ1v) is 9.50. The molecule has 0 aliphatic rings. The van der Waals surface area contributed by atoms with Crippen LogP contribution in [0.1, 0.15) is 0 Å². The summed E-state index contributed by atoms with van der Waals surface area (Å²) < 4.78 is 16.6. The highest BCUT2D eigenvalue weighted by atomic mass is 35.5. The number of para-hydroxylation sites is 1. The lowest BCUT2D eigenvalue weighted by Crippen LogP contribution is -2.19. The van der Waals surface area contributed by atoms with E-state index in [1.807, 2.05) is 0 Å². The molecule has 0 saturated heterocycles. The molecule has 7 nitrogen and oxygen atoms in total. The Kier molecular flexibility index (Phi) is 6.45. The number of hydrogen-bond acceptors (Lipinski definition) is 6. The summed E-state index contributed by atoms with van der Waals surface area (Å²) in [5, 5.41) is 8.03. The summed E-state index contributed by atoms with van der Waals surface area (Å²) in [6, 6.07) is 7.67. The van der Waals surface area contributed by atoms with E-state index in [0.29, 0.717) is 28.1 Å². The van der Waals surface area contributed by atoms with E-state index in [1.165, 1.54) is 37.7 Å². The number of amides is 2. The molecule has 0 fully saturated rings. The molecule has 2 N–H and O–H groups in total. The Balaban J connectivity index is 1.90. The van der Waals surface area contributed by atoms with Crippen molar-refractivity contribution in [1.82, 2.24) is 4.98 Å². The Bertz CT molecular complexity index is 983. The number of aromatic nitrogens is 1. The maximum atomic E-state index is 12.3. The molecule has 0 bridgehead atoms. The van der Waals surface area contributed by atoms with Crippen molar-refractivity contribution in [3.8, 4) is 23.0 Å². The van der Waals surface area contributed by atoms with Gasteiger partial charge in [-0.05, 0) is 18.2 Å². The zero-order chi connectivity index (χ0) is 20.1. The summed E-state index contributed by atoms with van der Waals surface area (Å²) in [6.07, 6.45) is 1.59. The minimum absolute atomic E-state index is 0.260. The molecular weight excluding hydrogens is 425 g/mol.